The molecule has 0 spiro atoms. The highest BCUT2D eigenvalue weighted by atomic mass is 16.6. The number of esters is 2. The first-order chi connectivity index (χ1) is 23.4. The third kappa shape index (κ3) is 4.88. The summed E-state index contributed by atoms with van der Waals surface area (Å²) in [5, 5.41) is 18.8. The molecule has 49 heavy (non-hydrogen) atoms. The van der Waals surface area contributed by atoms with Gasteiger partial charge in [0, 0.05) is 68.5 Å². The standard InChI is InChI=1S/C34H36N4O11/c1-33-14-21(47-24(40)8-6-5-7-13-37(3)19-10-11-20(38(43)44)29-28(19)35-49-36-29)27-25(18(33)9-12-22(33)39)30(41)31-26-17(15-46-31)32(42)48-23(16-45-4)34(26,27)2/h10-11,15,18,21,23H,5-9,12-14,16H2,1-4H3/t18-,21+,23-,33-,34-/m0/s1. The molecule has 0 radical (unpaired) electrons. The zero-order chi connectivity index (χ0) is 34.8. The molecule has 15 heteroatoms. The molecule has 1 saturated carbocycles. The van der Waals surface area contributed by atoms with Gasteiger partial charge in [-0.25, -0.2) is 9.42 Å². The highest BCUT2D eigenvalue weighted by Gasteiger charge is 2.64. The molecule has 4 aliphatic rings. The van der Waals surface area contributed by atoms with Gasteiger partial charge < -0.3 is 23.5 Å². The largest absolute Gasteiger partial charge is 0.460 e. The maximum atomic E-state index is 14.2. The van der Waals surface area contributed by atoms with E-state index in [1.54, 1.807) is 6.07 Å². The number of ether oxygens (including phenoxy) is 3. The van der Waals surface area contributed by atoms with Crippen LogP contribution in [0.2, 0.25) is 0 Å². The summed E-state index contributed by atoms with van der Waals surface area (Å²) in [4.78, 5) is 66.6. The average Bonchev–Trinajstić information content (AvgIpc) is 3.80. The number of allylic oxidation sites excluding steroid dienone is 1. The predicted octanol–water partition coefficient (Wildman–Crippen LogP) is 4.66. The van der Waals surface area contributed by atoms with Crippen LogP contribution in [0.15, 0.2) is 38.6 Å². The van der Waals surface area contributed by atoms with Crippen LogP contribution in [0.3, 0.4) is 0 Å². The summed E-state index contributed by atoms with van der Waals surface area (Å²) in [5.41, 5.74) is 0.373. The summed E-state index contributed by atoms with van der Waals surface area (Å²) in [6, 6.07) is 2.97. The second-order valence-corrected chi connectivity index (χ2v) is 13.7. The fourth-order valence-corrected chi connectivity index (χ4v) is 8.51. The molecule has 3 heterocycles. The molecular weight excluding hydrogens is 640 g/mol. The van der Waals surface area contributed by atoms with Crippen molar-refractivity contribution in [3.8, 4) is 0 Å². The Bertz CT molecular complexity index is 1940. The van der Waals surface area contributed by atoms with Gasteiger partial charge >= 0.3 is 17.6 Å². The number of anilines is 1. The summed E-state index contributed by atoms with van der Waals surface area (Å²) < 4.78 is 28.0. The molecule has 0 unspecified atom stereocenters. The number of nitro groups is 1. The molecular formula is C34H36N4O11. The van der Waals surface area contributed by atoms with E-state index in [1.165, 1.54) is 19.4 Å². The first-order valence-corrected chi connectivity index (χ1v) is 16.4. The minimum atomic E-state index is -1.09. The number of non-ortho nitro benzene ring substituents is 1. The van der Waals surface area contributed by atoms with Gasteiger partial charge in [-0.1, -0.05) is 13.3 Å². The normalized spacial score (nSPS) is 27.1. The molecule has 3 aliphatic carbocycles. The lowest BCUT2D eigenvalue weighted by Crippen LogP contribution is -2.57. The number of cyclic esters (lactones) is 1. The first-order valence-electron chi connectivity index (χ1n) is 16.4. The Labute approximate surface area is 280 Å². The Balaban J connectivity index is 1.08. The molecule has 1 aromatic carbocycles. The lowest BCUT2D eigenvalue weighted by molar-refractivity contribution is -0.383. The van der Waals surface area contributed by atoms with Crippen molar-refractivity contribution >= 4 is 45.9 Å². The Morgan fingerprint density at radius 3 is 2.67 bits per heavy atom. The van der Waals surface area contributed by atoms with Gasteiger partial charge in [-0.3, -0.25) is 24.5 Å². The van der Waals surface area contributed by atoms with Crippen LogP contribution in [0.1, 0.15) is 85.3 Å². The van der Waals surface area contributed by atoms with Crippen molar-refractivity contribution in [2.75, 3.05) is 32.2 Å². The number of aromatic nitrogens is 2. The van der Waals surface area contributed by atoms with Gasteiger partial charge in [0.2, 0.25) is 11.3 Å². The summed E-state index contributed by atoms with van der Waals surface area (Å²) >= 11 is 0. The third-order valence-electron chi connectivity index (χ3n) is 11.0. The molecule has 1 aliphatic heterocycles. The second-order valence-electron chi connectivity index (χ2n) is 13.7. The number of nitro benzene ring substituents is 1. The molecule has 0 bridgehead atoms. The van der Waals surface area contributed by atoms with Crippen molar-refractivity contribution in [1.82, 2.24) is 10.3 Å². The van der Waals surface area contributed by atoms with Gasteiger partial charge in [0.15, 0.2) is 11.3 Å². The second kappa shape index (κ2) is 11.9. The zero-order valence-corrected chi connectivity index (χ0v) is 27.6. The smallest absolute Gasteiger partial charge is 0.342 e. The van der Waals surface area contributed by atoms with E-state index in [0.29, 0.717) is 66.6 Å². The number of carbonyl (C=O) groups excluding carboxylic acids is 4. The molecule has 7 rings (SSSR count). The number of fused-ring (bicyclic) bond motifs is 4. The van der Waals surface area contributed by atoms with E-state index in [9.17, 15) is 29.3 Å². The van der Waals surface area contributed by atoms with Crippen molar-refractivity contribution in [1.29, 1.82) is 0 Å². The number of benzene rings is 1. The van der Waals surface area contributed by atoms with Crippen molar-refractivity contribution in [3.05, 3.63) is 56.5 Å². The Hall–Kier alpha value is -4.92. The number of hydrogen-bond acceptors (Lipinski definition) is 14. The fraction of sp³-hybridized carbons (Fsp3) is 0.529. The minimum Gasteiger partial charge on any atom is -0.460 e. The highest BCUT2D eigenvalue weighted by Crippen LogP contribution is 2.61. The number of carbonyl (C=O) groups is 4. The van der Waals surface area contributed by atoms with Crippen molar-refractivity contribution in [2.45, 2.75) is 76.4 Å². The number of furan rings is 1. The number of methoxy groups -OCH3 is 1. The monoisotopic (exact) mass is 676 g/mol. The van der Waals surface area contributed by atoms with Gasteiger partial charge in [0.1, 0.15) is 29.8 Å². The number of unbranched alkanes of at least 4 members (excludes halogenated alkanes) is 2. The highest BCUT2D eigenvalue weighted by molar-refractivity contribution is 6.14. The predicted molar refractivity (Wildman–Crippen MR) is 169 cm³/mol. The fourth-order valence-electron chi connectivity index (χ4n) is 8.51. The van der Waals surface area contributed by atoms with E-state index < -0.39 is 39.9 Å². The van der Waals surface area contributed by atoms with Crippen LogP contribution in [0.4, 0.5) is 11.4 Å². The van der Waals surface area contributed by atoms with Crippen LogP contribution >= 0.6 is 0 Å². The first kappa shape index (κ1) is 32.6. The van der Waals surface area contributed by atoms with Gasteiger partial charge in [-0.15, -0.1) is 0 Å². The van der Waals surface area contributed by atoms with Crippen molar-refractivity contribution in [2.24, 2.45) is 11.3 Å². The van der Waals surface area contributed by atoms with Gasteiger partial charge in [0.05, 0.1) is 22.6 Å². The molecule has 0 N–H and O–H groups in total. The van der Waals surface area contributed by atoms with E-state index in [1.807, 2.05) is 25.8 Å². The number of ketones is 2. The van der Waals surface area contributed by atoms with E-state index in [0.717, 1.165) is 0 Å². The molecule has 0 amide bonds. The SMILES string of the molecule is COC[C@@H]1OC(=O)c2coc3c2[C@@]1(C)C1=C(C3=O)[C@@H]2CCC(=O)[C@@]2(C)C[C@H]1OC(=O)CCCCCN(C)c1ccc([N+](=O)[O-])c2nonc12. The lowest BCUT2D eigenvalue weighted by atomic mass is 9.54. The van der Waals surface area contributed by atoms with E-state index >= 15 is 0 Å². The van der Waals surface area contributed by atoms with Crippen LogP contribution in [-0.2, 0) is 29.2 Å². The van der Waals surface area contributed by atoms with Crippen LogP contribution in [-0.4, -0.2) is 78.3 Å². The van der Waals surface area contributed by atoms with E-state index in [-0.39, 0.29) is 59.5 Å². The van der Waals surface area contributed by atoms with Crippen LogP contribution in [0.5, 0.6) is 0 Å². The number of Topliss-reactive ketones (excluding diaryl/α,β-unsaturated/α-hetero) is 2. The molecule has 0 saturated heterocycles. The van der Waals surface area contributed by atoms with Crippen LogP contribution < -0.4 is 4.90 Å². The maximum absolute atomic E-state index is 14.2. The van der Waals surface area contributed by atoms with E-state index in [2.05, 4.69) is 10.3 Å². The number of nitrogens with zero attached hydrogens (tertiary/aromatic N) is 4. The summed E-state index contributed by atoms with van der Waals surface area (Å²) in [7, 11) is 3.32. The van der Waals surface area contributed by atoms with Gasteiger partial charge in [0.25, 0.3) is 0 Å². The van der Waals surface area contributed by atoms with Crippen molar-refractivity contribution in [3.63, 3.8) is 0 Å². The van der Waals surface area contributed by atoms with Gasteiger partial charge in [-0.05, 0) is 48.1 Å². The maximum Gasteiger partial charge on any atom is 0.342 e. The number of rotatable bonds is 11. The topological polar surface area (TPSA) is 194 Å². The van der Waals surface area contributed by atoms with Gasteiger partial charge in [-0.2, -0.15) is 0 Å². The third-order valence-corrected chi connectivity index (χ3v) is 11.0. The molecule has 3 aromatic rings. The molecule has 1 fully saturated rings. The minimum absolute atomic E-state index is 0.0216. The van der Waals surface area contributed by atoms with Crippen LogP contribution in [0.25, 0.3) is 11.0 Å². The Kier molecular flexibility index (Phi) is 7.92. The van der Waals surface area contributed by atoms with Crippen LogP contribution in [0, 0.1) is 21.4 Å². The zero-order valence-electron chi connectivity index (χ0n) is 27.6. The molecule has 5 atom stereocenters. The summed E-state index contributed by atoms with van der Waals surface area (Å²) in [5.74, 6) is -1.78. The Morgan fingerprint density at radius 1 is 1.14 bits per heavy atom. The Morgan fingerprint density at radius 2 is 1.92 bits per heavy atom. The summed E-state index contributed by atoms with van der Waals surface area (Å²) in [6.07, 6.45) is 2.52. The molecule has 258 valence electrons. The summed E-state index contributed by atoms with van der Waals surface area (Å²) in [6.45, 7) is 4.32. The lowest BCUT2D eigenvalue weighted by Gasteiger charge is -2.51. The number of hydrogen-bond donors (Lipinski definition) is 0. The molecule has 2 aromatic heterocycles. The quantitative estimate of drug-likeness (QED) is 0.118. The molecule has 15 nitrogen and oxygen atoms in total. The van der Waals surface area contributed by atoms with Crippen molar-refractivity contribution < 1.29 is 47.4 Å². The average molecular weight is 677 g/mol. The van der Waals surface area contributed by atoms with E-state index in [4.69, 9.17) is 23.3 Å².